The lowest BCUT2D eigenvalue weighted by atomic mass is 10.2. The predicted molar refractivity (Wildman–Crippen MR) is 119 cm³/mol. The van der Waals surface area contributed by atoms with Crippen LogP contribution in [0.1, 0.15) is 18.4 Å². The molecule has 0 fully saturated rings. The molecule has 0 saturated heterocycles. The molecule has 1 aromatic carbocycles. The zero-order valence-electron chi connectivity index (χ0n) is 14.6. The summed E-state index contributed by atoms with van der Waals surface area (Å²) in [6.07, 6.45) is 9.01. The molecule has 2 N–H and O–H groups in total. The minimum atomic E-state index is 0. The Morgan fingerprint density at radius 2 is 2.00 bits per heavy atom. The maximum atomic E-state index is 4.29. The fourth-order valence-electron chi connectivity index (χ4n) is 2.54. The Morgan fingerprint density at radius 1 is 1.21 bits per heavy atom. The highest BCUT2D eigenvalue weighted by atomic mass is 127. The van der Waals surface area contributed by atoms with Crippen molar-refractivity contribution >= 4 is 47.4 Å². The zero-order chi connectivity index (χ0) is 16.3. The van der Waals surface area contributed by atoms with E-state index >= 15 is 0 Å². The highest BCUT2D eigenvalue weighted by Gasteiger charge is 2.08. The molecule has 0 atom stereocenters. The first-order valence-electron chi connectivity index (χ1n) is 8.26. The molecule has 0 amide bonds. The summed E-state index contributed by atoms with van der Waals surface area (Å²) in [7, 11) is 1.82. The van der Waals surface area contributed by atoms with Crippen molar-refractivity contribution in [2.75, 3.05) is 43.6 Å². The van der Waals surface area contributed by atoms with Gasteiger partial charge in [0.05, 0.1) is 0 Å². The van der Waals surface area contributed by atoms with Gasteiger partial charge in [0.2, 0.25) is 0 Å². The molecule has 6 heteroatoms. The van der Waals surface area contributed by atoms with Crippen LogP contribution < -0.4 is 15.5 Å². The summed E-state index contributed by atoms with van der Waals surface area (Å²) in [6, 6.07) is 8.72. The Labute approximate surface area is 167 Å². The Morgan fingerprint density at radius 3 is 2.71 bits per heavy atom. The number of rotatable bonds is 8. The average molecular weight is 460 g/mol. The normalized spacial score (nSPS) is 13.8. The third-order valence-corrected chi connectivity index (χ3v) is 4.54. The second-order valence-electron chi connectivity index (χ2n) is 5.60. The molecule has 0 unspecified atom stereocenters. The minimum absolute atomic E-state index is 0. The molecule has 24 heavy (non-hydrogen) atoms. The van der Waals surface area contributed by atoms with Crippen molar-refractivity contribution in [3.8, 4) is 0 Å². The average Bonchev–Trinajstić information content (AvgIpc) is 3.12. The quantitative estimate of drug-likeness (QED) is 0.205. The number of nitrogens with one attached hydrogen (secondary N) is 2. The minimum Gasteiger partial charge on any atom is -0.364 e. The molecule has 1 aromatic rings. The van der Waals surface area contributed by atoms with Crippen LogP contribution in [-0.2, 0) is 6.54 Å². The van der Waals surface area contributed by atoms with Crippen LogP contribution in [0.15, 0.2) is 41.4 Å². The number of anilines is 1. The number of thioether (sulfide) groups is 1. The molecule has 1 aliphatic heterocycles. The van der Waals surface area contributed by atoms with E-state index in [2.05, 4.69) is 63.2 Å². The molecule has 4 nitrogen and oxygen atoms in total. The first-order chi connectivity index (χ1) is 11.3. The van der Waals surface area contributed by atoms with Gasteiger partial charge in [-0.05, 0) is 42.5 Å². The van der Waals surface area contributed by atoms with Crippen molar-refractivity contribution in [2.45, 2.75) is 19.4 Å². The summed E-state index contributed by atoms with van der Waals surface area (Å²) in [5, 5.41) is 6.77. The van der Waals surface area contributed by atoms with E-state index in [0.717, 1.165) is 32.1 Å². The molecule has 0 bridgehead atoms. The van der Waals surface area contributed by atoms with Crippen molar-refractivity contribution in [1.29, 1.82) is 0 Å². The lowest BCUT2D eigenvalue weighted by molar-refractivity contribution is 0.733. The molecule has 0 radical (unpaired) electrons. The second kappa shape index (κ2) is 12.5. The number of aliphatic imine (C=N–C) groups is 1. The van der Waals surface area contributed by atoms with E-state index in [1.807, 2.05) is 18.8 Å². The maximum absolute atomic E-state index is 4.29. The van der Waals surface area contributed by atoms with Gasteiger partial charge >= 0.3 is 0 Å². The number of hydrogen-bond donors (Lipinski definition) is 2. The molecular formula is C18H29IN4S. The Kier molecular flexibility index (Phi) is 11.0. The summed E-state index contributed by atoms with van der Waals surface area (Å²) < 4.78 is 0. The third kappa shape index (κ3) is 7.34. The molecule has 1 aliphatic rings. The fraction of sp³-hybridized carbons (Fsp3) is 0.500. The predicted octanol–water partition coefficient (Wildman–Crippen LogP) is 3.49. The van der Waals surface area contributed by atoms with Crippen molar-refractivity contribution in [3.63, 3.8) is 0 Å². The molecule has 0 saturated carbocycles. The number of halogens is 1. The number of hydrogen-bond acceptors (Lipinski definition) is 3. The van der Waals surface area contributed by atoms with Gasteiger partial charge in [0.15, 0.2) is 5.96 Å². The van der Waals surface area contributed by atoms with E-state index in [0.29, 0.717) is 0 Å². The summed E-state index contributed by atoms with van der Waals surface area (Å²) in [4.78, 5) is 6.65. The van der Waals surface area contributed by atoms with Gasteiger partial charge in [0, 0.05) is 38.9 Å². The van der Waals surface area contributed by atoms with Gasteiger partial charge in [-0.15, -0.1) is 24.0 Å². The first kappa shape index (κ1) is 21.2. The standard InChI is InChI=1S/C18H28N4S.HI/c1-19-18(20-10-3-6-13-23-2)21-15-16-8-7-9-17(14-16)22-11-4-5-12-22;/h4-5,7-9,14H,3,6,10-13,15H2,1-2H3,(H2,19,20,21);1H. The van der Waals surface area contributed by atoms with E-state index in [9.17, 15) is 0 Å². The molecule has 134 valence electrons. The van der Waals surface area contributed by atoms with E-state index in [1.165, 1.54) is 29.8 Å². The zero-order valence-corrected chi connectivity index (χ0v) is 17.8. The summed E-state index contributed by atoms with van der Waals surface area (Å²) >= 11 is 1.90. The van der Waals surface area contributed by atoms with Gasteiger partial charge in [-0.3, -0.25) is 4.99 Å². The van der Waals surface area contributed by atoms with E-state index in [4.69, 9.17) is 0 Å². The smallest absolute Gasteiger partial charge is 0.191 e. The Hall–Kier alpha value is -0.890. The lowest BCUT2D eigenvalue weighted by Crippen LogP contribution is -2.37. The molecular weight excluding hydrogens is 431 g/mol. The molecule has 0 aliphatic carbocycles. The second-order valence-corrected chi connectivity index (χ2v) is 6.58. The number of benzene rings is 1. The van der Waals surface area contributed by atoms with Gasteiger partial charge in [-0.25, -0.2) is 0 Å². The van der Waals surface area contributed by atoms with Crippen molar-refractivity contribution in [2.24, 2.45) is 4.99 Å². The number of unbranched alkanes of at least 4 members (excludes halogenated alkanes) is 1. The Balaban J connectivity index is 0.00000288. The summed E-state index contributed by atoms with van der Waals surface area (Å²) in [6.45, 7) is 3.78. The van der Waals surface area contributed by atoms with E-state index < -0.39 is 0 Å². The highest BCUT2D eigenvalue weighted by molar-refractivity contribution is 14.0. The first-order valence-corrected chi connectivity index (χ1v) is 9.65. The lowest BCUT2D eigenvalue weighted by Gasteiger charge is -2.19. The van der Waals surface area contributed by atoms with Crippen LogP contribution in [0.25, 0.3) is 0 Å². The molecule has 0 aromatic heterocycles. The molecule has 0 spiro atoms. The van der Waals surface area contributed by atoms with Crippen LogP contribution in [0.5, 0.6) is 0 Å². The topological polar surface area (TPSA) is 39.7 Å². The van der Waals surface area contributed by atoms with Gasteiger partial charge in [-0.1, -0.05) is 24.3 Å². The number of guanidine groups is 1. The maximum Gasteiger partial charge on any atom is 0.191 e. The monoisotopic (exact) mass is 460 g/mol. The van der Waals surface area contributed by atoms with Crippen molar-refractivity contribution in [1.82, 2.24) is 10.6 Å². The number of nitrogens with zero attached hydrogens (tertiary/aromatic N) is 2. The Bertz CT molecular complexity index is 526. The van der Waals surface area contributed by atoms with E-state index in [1.54, 1.807) is 0 Å². The van der Waals surface area contributed by atoms with Crippen LogP contribution in [0.3, 0.4) is 0 Å². The third-order valence-electron chi connectivity index (χ3n) is 3.85. The van der Waals surface area contributed by atoms with Crippen molar-refractivity contribution < 1.29 is 0 Å². The van der Waals surface area contributed by atoms with Gasteiger partial charge in [0.25, 0.3) is 0 Å². The van der Waals surface area contributed by atoms with E-state index in [-0.39, 0.29) is 24.0 Å². The summed E-state index contributed by atoms with van der Waals surface area (Å²) in [5.74, 6) is 2.11. The molecule has 2 rings (SSSR count). The summed E-state index contributed by atoms with van der Waals surface area (Å²) in [5.41, 5.74) is 2.56. The van der Waals surface area contributed by atoms with Crippen LogP contribution >= 0.6 is 35.7 Å². The molecule has 1 heterocycles. The van der Waals surface area contributed by atoms with Crippen LogP contribution in [0.4, 0.5) is 5.69 Å². The fourth-order valence-corrected chi connectivity index (χ4v) is 3.03. The van der Waals surface area contributed by atoms with Crippen LogP contribution in [0.2, 0.25) is 0 Å². The largest absolute Gasteiger partial charge is 0.364 e. The van der Waals surface area contributed by atoms with Gasteiger partial charge in [-0.2, -0.15) is 11.8 Å². The van der Waals surface area contributed by atoms with Crippen LogP contribution in [-0.4, -0.2) is 44.7 Å². The van der Waals surface area contributed by atoms with Crippen LogP contribution in [0, 0.1) is 0 Å². The van der Waals surface area contributed by atoms with Gasteiger partial charge in [0.1, 0.15) is 0 Å². The van der Waals surface area contributed by atoms with Crippen molar-refractivity contribution in [3.05, 3.63) is 42.0 Å². The van der Waals surface area contributed by atoms with Gasteiger partial charge < -0.3 is 15.5 Å². The highest BCUT2D eigenvalue weighted by Crippen LogP contribution is 2.18. The SMILES string of the molecule is CN=C(NCCCCSC)NCc1cccc(N2CC=CC2)c1.I.